The molecule has 0 aliphatic rings. The number of anilines is 1. The van der Waals surface area contributed by atoms with E-state index in [4.69, 9.17) is 9.15 Å². The topological polar surface area (TPSA) is 87.9 Å². The third kappa shape index (κ3) is 8.76. The predicted octanol–water partition coefficient (Wildman–Crippen LogP) is 4.81. The Kier molecular flexibility index (Phi) is 10.7. The van der Waals surface area contributed by atoms with E-state index in [1.54, 1.807) is 24.3 Å². The lowest BCUT2D eigenvalue weighted by atomic mass is 10.2. The van der Waals surface area contributed by atoms with Gasteiger partial charge in [0.15, 0.2) is 11.7 Å². The van der Waals surface area contributed by atoms with Gasteiger partial charge in [-0.1, -0.05) is 18.2 Å². The van der Waals surface area contributed by atoms with Crippen LogP contribution in [0.1, 0.15) is 30.0 Å². The number of benzene rings is 2. The van der Waals surface area contributed by atoms with Gasteiger partial charge >= 0.3 is 0 Å². The molecule has 1 atom stereocenters. The SMILES string of the molecule is CCNC(=NCc1cccc(NC(=O)c2ccco2)c1)NCC(C)Oc1cccc(F)c1.I. The number of nitrogens with one attached hydrogen (secondary N) is 3. The standard InChI is InChI=1S/C24H27FN4O3.HI/c1-3-26-24(27-15-17(2)32-21-10-5-8-19(25)14-21)28-16-18-7-4-9-20(13-18)29-23(30)22-11-6-12-31-22;/h4-14,17H,3,15-16H2,1-2H3,(H,29,30)(H2,26,27,28);1H. The molecule has 1 heterocycles. The number of halogens is 2. The fourth-order valence-electron chi connectivity index (χ4n) is 2.91. The lowest BCUT2D eigenvalue weighted by Crippen LogP contribution is -2.41. The van der Waals surface area contributed by atoms with Crippen molar-refractivity contribution < 1.29 is 18.3 Å². The highest BCUT2D eigenvalue weighted by Gasteiger charge is 2.09. The van der Waals surface area contributed by atoms with E-state index in [1.807, 2.05) is 38.1 Å². The van der Waals surface area contributed by atoms with Gasteiger partial charge in [-0.15, -0.1) is 24.0 Å². The van der Waals surface area contributed by atoms with E-state index >= 15 is 0 Å². The number of nitrogens with zero attached hydrogens (tertiary/aromatic N) is 1. The molecule has 3 N–H and O–H groups in total. The van der Waals surface area contributed by atoms with Gasteiger partial charge in [0.05, 0.1) is 19.4 Å². The Hall–Kier alpha value is -3.08. The summed E-state index contributed by atoms with van der Waals surface area (Å²) in [6.07, 6.45) is 1.26. The van der Waals surface area contributed by atoms with Gasteiger partial charge in [-0.3, -0.25) is 4.79 Å². The molecule has 0 aliphatic carbocycles. The van der Waals surface area contributed by atoms with E-state index in [0.29, 0.717) is 37.0 Å². The van der Waals surface area contributed by atoms with Crippen molar-refractivity contribution in [3.63, 3.8) is 0 Å². The van der Waals surface area contributed by atoms with E-state index in [-0.39, 0.29) is 47.6 Å². The van der Waals surface area contributed by atoms with E-state index in [0.717, 1.165) is 5.56 Å². The van der Waals surface area contributed by atoms with Gasteiger partial charge in [0.2, 0.25) is 0 Å². The van der Waals surface area contributed by atoms with Gasteiger partial charge < -0.3 is 25.1 Å². The van der Waals surface area contributed by atoms with Crippen molar-refractivity contribution in [3.8, 4) is 5.75 Å². The first kappa shape index (κ1) is 26.2. The lowest BCUT2D eigenvalue weighted by molar-refractivity contribution is 0.0996. The summed E-state index contributed by atoms with van der Waals surface area (Å²) in [5, 5.41) is 9.23. The molecule has 3 aromatic rings. The van der Waals surface area contributed by atoms with Crippen molar-refractivity contribution in [1.82, 2.24) is 10.6 Å². The number of carbonyl (C=O) groups is 1. The number of rotatable bonds is 9. The van der Waals surface area contributed by atoms with Crippen molar-refractivity contribution in [2.24, 2.45) is 4.99 Å². The van der Waals surface area contributed by atoms with Crippen LogP contribution < -0.4 is 20.7 Å². The molecule has 0 spiro atoms. The number of carbonyl (C=O) groups excluding carboxylic acids is 1. The highest BCUT2D eigenvalue weighted by molar-refractivity contribution is 14.0. The maximum Gasteiger partial charge on any atom is 0.291 e. The fraction of sp³-hybridized carbons (Fsp3) is 0.250. The molecule has 33 heavy (non-hydrogen) atoms. The number of hydrogen-bond acceptors (Lipinski definition) is 4. The number of ether oxygens (including phenoxy) is 1. The van der Waals surface area contributed by atoms with Crippen LogP contribution in [0.15, 0.2) is 76.3 Å². The van der Waals surface area contributed by atoms with Crippen LogP contribution in [0.4, 0.5) is 10.1 Å². The van der Waals surface area contributed by atoms with Crippen LogP contribution in [0, 0.1) is 5.82 Å². The molecule has 0 saturated heterocycles. The summed E-state index contributed by atoms with van der Waals surface area (Å²) in [5.74, 6) is 0.724. The van der Waals surface area contributed by atoms with Crippen LogP contribution >= 0.6 is 24.0 Å². The Bertz CT molecular complexity index is 1040. The summed E-state index contributed by atoms with van der Waals surface area (Å²) in [4.78, 5) is 16.7. The van der Waals surface area contributed by atoms with E-state index in [9.17, 15) is 9.18 Å². The number of amides is 1. The van der Waals surface area contributed by atoms with Crippen molar-refractivity contribution in [2.45, 2.75) is 26.5 Å². The van der Waals surface area contributed by atoms with Crippen LogP contribution in [0.3, 0.4) is 0 Å². The molecule has 9 heteroatoms. The molecule has 1 unspecified atom stereocenters. The second-order valence-corrected chi connectivity index (χ2v) is 7.09. The lowest BCUT2D eigenvalue weighted by Gasteiger charge is -2.17. The van der Waals surface area contributed by atoms with Crippen molar-refractivity contribution in [2.75, 3.05) is 18.4 Å². The first-order valence-corrected chi connectivity index (χ1v) is 10.4. The van der Waals surface area contributed by atoms with Gasteiger partial charge in [-0.05, 0) is 55.8 Å². The van der Waals surface area contributed by atoms with Crippen molar-refractivity contribution >= 4 is 41.5 Å². The maximum absolute atomic E-state index is 13.3. The quantitative estimate of drug-likeness (QED) is 0.197. The largest absolute Gasteiger partial charge is 0.489 e. The van der Waals surface area contributed by atoms with Crippen LogP contribution in [-0.4, -0.2) is 31.1 Å². The molecular formula is C24H28FIN4O3. The van der Waals surface area contributed by atoms with E-state index in [1.165, 1.54) is 18.4 Å². The van der Waals surface area contributed by atoms with Crippen molar-refractivity contribution in [1.29, 1.82) is 0 Å². The summed E-state index contributed by atoms with van der Waals surface area (Å²) in [6, 6.07) is 16.8. The first-order chi connectivity index (χ1) is 15.5. The molecule has 3 rings (SSSR count). The molecule has 0 saturated carbocycles. The minimum atomic E-state index is -0.333. The third-order valence-corrected chi connectivity index (χ3v) is 4.38. The summed E-state index contributed by atoms with van der Waals surface area (Å²) < 4.78 is 24.2. The number of furan rings is 1. The Labute approximate surface area is 209 Å². The zero-order valence-electron chi connectivity index (χ0n) is 18.5. The minimum Gasteiger partial charge on any atom is -0.489 e. The van der Waals surface area contributed by atoms with E-state index in [2.05, 4.69) is 20.9 Å². The molecule has 176 valence electrons. The average molecular weight is 566 g/mol. The summed E-state index contributed by atoms with van der Waals surface area (Å²) in [7, 11) is 0. The van der Waals surface area contributed by atoms with Gasteiger partial charge in [-0.2, -0.15) is 0 Å². The predicted molar refractivity (Wildman–Crippen MR) is 138 cm³/mol. The van der Waals surface area contributed by atoms with Crippen LogP contribution in [0.2, 0.25) is 0 Å². The Balaban J connectivity index is 0.00000385. The van der Waals surface area contributed by atoms with E-state index < -0.39 is 0 Å². The van der Waals surface area contributed by atoms with Crippen LogP contribution in [-0.2, 0) is 6.54 Å². The molecule has 1 aromatic heterocycles. The van der Waals surface area contributed by atoms with Crippen molar-refractivity contribution in [3.05, 3.63) is 84.1 Å². The normalized spacial score (nSPS) is 11.8. The molecule has 2 aromatic carbocycles. The smallest absolute Gasteiger partial charge is 0.291 e. The highest BCUT2D eigenvalue weighted by Crippen LogP contribution is 2.14. The summed E-state index contributed by atoms with van der Waals surface area (Å²) >= 11 is 0. The average Bonchev–Trinajstić information content (AvgIpc) is 3.31. The van der Waals surface area contributed by atoms with Gasteiger partial charge in [0.25, 0.3) is 5.91 Å². The number of hydrogen-bond donors (Lipinski definition) is 3. The molecule has 0 bridgehead atoms. The summed E-state index contributed by atoms with van der Waals surface area (Å²) in [6.45, 7) is 5.48. The van der Waals surface area contributed by atoms with Gasteiger partial charge in [0, 0.05) is 18.3 Å². The molecular weight excluding hydrogens is 538 g/mol. The van der Waals surface area contributed by atoms with Crippen LogP contribution in [0.5, 0.6) is 5.75 Å². The molecule has 7 nitrogen and oxygen atoms in total. The molecule has 1 amide bonds. The second-order valence-electron chi connectivity index (χ2n) is 7.09. The van der Waals surface area contributed by atoms with Gasteiger partial charge in [-0.25, -0.2) is 9.38 Å². The Morgan fingerprint density at radius 2 is 1.94 bits per heavy atom. The number of guanidine groups is 1. The highest BCUT2D eigenvalue weighted by atomic mass is 127. The number of aliphatic imine (C=N–C) groups is 1. The molecule has 0 radical (unpaired) electrons. The first-order valence-electron chi connectivity index (χ1n) is 10.4. The molecule has 0 aliphatic heterocycles. The van der Waals surface area contributed by atoms with Crippen LogP contribution in [0.25, 0.3) is 0 Å². The third-order valence-electron chi connectivity index (χ3n) is 4.38. The Morgan fingerprint density at radius 3 is 2.67 bits per heavy atom. The van der Waals surface area contributed by atoms with Gasteiger partial charge in [0.1, 0.15) is 17.7 Å². The minimum absolute atomic E-state index is 0. The second kappa shape index (κ2) is 13.5. The Morgan fingerprint density at radius 1 is 1.12 bits per heavy atom. The fourth-order valence-corrected chi connectivity index (χ4v) is 2.91. The zero-order valence-corrected chi connectivity index (χ0v) is 20.8. The monoisotopic (exact) mass is 566 g/mol. The maximum atomic E-state index is 13.3. The summed E-state index contributed by atoms with van der Waals surface area (Å²) in [5.41, 5.74) is 1.60. The zero-order chi connectivity index (χ0) is 22.8. The molecule has 0 fully saturated rings.